The molecule has 2 saturated heterocycles. The number of phenols is 1. The molecular weight excluding hydrogens is 586 g/mol. The zero-order valence-corrected chi connectivity index (χ0v) is 23.1. The Labute approximate surface area is 234 Å². The number of carbonyl (C=O) groups is 3. The Hall–Kier alpha value is -3.54. The van der Waals surface area contributed by atoms with Crippen LogP contribution in [0.2, 0.25) is 0 Å². The Morgan fingerprint density at radius 1 is 1.03 bits per heavy atom. The third kappa shape index (κ3) is 5.47. The summed E-state index contributed by atoms with van der Waals surface area (Å²) in [4.78, 5) is 41.6. The van der Waals surface area contributed by atoms with Crippen LogP contribution in [0.15, 0.2) is 88.2 Å². The SMILES string of the molecule is O=C(N[C@@H](Cc1ccc(O)cc1)C(=O)N1CCC2[C@H]1C(=O)CN2S(=O)(=O)c1ccccc1)c1cccc(Br)c1. The molecule has 0 spiro atoms. The summed E-state index contributed by atoms with van der Waals surface area (Å²) >= 11 is 3.35. The second-order valence-corrected chi connectivity index (χ2v) is 12.4. The molecule has 9 nitrogen and oxygen atoms in total. The van der Waals surface area contributed by atoms with Crippen LogP contribution in [0.1, 0.15) is 22.3 Å². The van der Waals surface area contributed by atoms with Gasteiger partial charge >= 0.3 is 0 Å². The van der Waals surface area contributed by atoms with E-state index < -0.39 is 40.0 Å². The summed E-state index contributed by atoms with van der Waals surface area (Å²) in [5.41, 5.74) is 1.05. The first-order valence-electron chi connectivity index (χ1n) is 12.4. The van der Waals surface area contributed by atoms with Gasteiger partial charge in [0.25, 0.3) is 5.91 Å². The Morgan fingerprint density at radius 3 is 2.44 bits per heavy atom. The summed E-state index contributed by atoms with van der Waals surface area (Å²) in [6.07, 6.45) is 0.423. The van der Waals surface area contributed by atoms with E-state index in [2.05, 4.69) is 21.2 Å². The number of rotatable bonds is 7. The second-order valence-electron chi connectivity index (χ2n) is 9.57. The number of hydrogen-bond acceptors (Lipinski definition) is 6. The van der Waals surface area contributed by atoms with Gasteiger partial charge in [-0.15, -0.1) is 0 Å². The third-order valence-corrected chi connectivity index (χ3v) is 9.46. The molecule has 2 fully saturated rings. The highest BCUT2D eigenvalue weighted by molar-refractivity contribution is 9.10. The van der Waals surface area contributed by atoms with Crippen LogP contribution >= 0.6 is 15.9 Å². The lowest BCUT2D eigenvalue weighted by Crippen LogP contribution is -2.53. The van der Waals surface area contributed by atoms with Gasteiger partial charge in [-0.25, -0.2) is 8.42 Å². The zero-order chi connectivity index (χ0) is 27.7. The van der Waals surface area contributed by atoms with Crippen molar-refractivity contribution in [2.75, 3.05) is 13.1 Å². The van der Waals surface area contributed by atoms with Crippen LogP contribution in [0, 0.1) is 0 Å². The number of nitrogens with one attached hydrogen (secondary N) is 1. The van der Waals surface area contributed by atoms with E-state index in [-0.39, 0.29) is 35.9 Å². The molecule has 11 heteroatoms. The predicted octanol–water partition coefficient (Wildman–Crippen LogP) is 2.74. The molecule has 3 aromatic rings. The van der Waals surface area contributed by atoms with Gasteiger partial charge in [0.2, 0.25) is 15.9 Å². The van der Waals surface area contributed by atoms with Crippen molar-refractivity contribution in [3.05, 3.63) is 94.5 Å². The van der Waals surface area contributed by atoms with Gasteiger partial charge in [0, 0.05) is 23.0 Å². The van der Waals surface area contributed by atoms with Crippen molar-refractivity contribution in [2.45, 2.75) is 35.9 Å². The number of Topliss-reactive ketones (excluding diaryl/α,β-unsaturated/α-hetero) is 1. The van der Waals surface area contributed by atoms with Crippen molar-refractivity contribution in [3.8, 4) is 5.75 Å². The van der Waals surface area contributed by atoms with Crippen molar-refractivity contribution >= 4 is 43.6 Å². The van der Waals surface area contributed by atoms with Gasteiger partial charge in [-0.2, -0.15) is 4.31 Å². The minimum atomic E-state index is -3.93. The highest BCUT2D eigenvalue weighted by Gasteiger charge is 2.54. The largest absolute Gasteiger partial charge is 0.508 e. The number of likely N-dealkylation sites (tertiary alicyclic amines) is 1. The van der Waals surface area contributed by atoms with E-state index in [1.54, 1.807) is 54.6 Å². The van der Waals surface area contributed by atoms with Gasteiger partial charge in [0.15, 0.2) is 5.78 Å². The summed E-state index contributed by atoms with van der Waals surface area (Å²) in [6, 6.07) is 18.3. The molecule has 2 aliphatic rings. The number of benzene rings is 3. The van der Waals surface area contributed by atoms with E-state index in [0.717, 1.165) is 0 Å². The van der Waals surface area contributed by atoms with E-state index in [1.807, 2.05) is 0 Å². The molecule has 0 aliphatic carbocycles. The summed E-state index contributed by atoms with van der Waals surface area (Å²) in [5.74, 6) is -1.22. The van der Waals surface area contributed by atoms with Gasteiger partial charge in [-0.1, -0.05) is 52.3 Å². The summed E-state index contributed by atoms with van der Waals surface area (Å²) in [7, 11) is -3.93. The molecule has 0 aromatic heterocycles. The smallest absolute Gasteiger partial charge is 0.251 e. The topological polar surface area (TPSA) is 124 Å². The maximum absolute atomic E-state index is 13.9. The summed E-state index contributed by atoms with van der Waals surface area (Å²) in [5, 5.41) is 12.5. The van der Waals surface area contributed by atoms with Crippen LogP contribution in [0.3, 0.4) is 0 Å². The van der Waals surface area contributed by atoms with Gasteiger partial charge in [-0.05, 0) is 54.4 Å². The molecule has 2 heterocycles. The average molecular weight is 613 g/mol. The Kier molecular flexibility index (Phi) is 7.57. The van der Waals surface area contributed by atoms with Gasteiger partial charge < -0.3 is 15.3 Å². The monoisotopic (exact) mass is 611 g/mol. The van der Waals surface area contributed by atoms with Crippen LogP contribution < -0.4 is 5.32 Å². The van der Waals surface area contributed by atoms with E-state index in [4.69, 9.17) is 0 Å². The van der Waals surface area contributed by atoms with Crippen molar-refractivity contribution in [3.63, 3.8) is 0 Å². The molecule has 0 bridgehead atoms. The van der Waals surface area contributed by atoms with Crippen LogP contribution in [-0.4, -0.2) is 71.5 Å². The standard InChI is InChI=1S/C28H26BrN3O6S/c29-20-6-4-5-19(16-20)27(35)30-23(15-18-9-11-21(33)12-10-18)28(36)31-14-13-24-26(31)25(34)17-32(24)39(37,38)22-7-2-1-3-8-22/h1-12,16,23-24,26,33H,13-15,17H2,(H,30,35)/t23-,24?,26-/m0/s1. The summed E-state index contributed by atoms with van der Waals surface area (Å²) in [6.45, 7) is -0.136. The molecule has 5 rings (SSSR count). The predicted molar refractivity (Wildman–Crippen MR) is 146 cm³/mol. The van der Waals surface area contributed by atoms with Crippen molar-refractivity contribution in [1.29, 1.82) is 0 Å². The normalized spacial score (nSPS) is 20.0. The fourth-order valence-electron chi connectivity index (χ4n) is 5.21. The number of sulfonamides is 1. The number of nitrogens with zero attached hydrogens (tertiary/aromatic N) is 2. The van der Waals surface area contributed by atoms with Crippen LogP contribution in [0.5, 0.6) is 5.75 Å². The lowest BCUT2D eigenvalue weighted by Gasteiger charge is -2.28. The molecule has 2 N–H and O–H groups in total. The van der Waals surface area contributed by atoms with Gasteiger partial charge in [0.1, 0.15) is 17.8 Å². The Morgan fingerprint density at radius 2 is 1.74 bits per heavy atom. The lowest BCUT2D eigenvalue weighted by molar-refractivity contribution is -0.138. The molecule has 39 heavy (non-hydrogen) atoms. The van der Waals surface area contributed by atoms with Crippen molar-refractivity contribution in [1.82, 2.24) is 14.5 Å². The van der Waals surface area contributed by atoms with Crippen molar-refractivity contribution in [2.24, 2.45) is 0 Å². The van der Waals surface area contributed by atoms with Crippen molar-refractivity contribution < 1.29 is 27.9 Å². The molecular formula is C28H26BrN3O6S. The maximum Gasteiger partial charge on any atom is 0.251 e. The van der Waals surface area contributed by atoms with Crippen LogP contribution in [-0.2, 0) is 26.0 Å². The van der Waals surface area contributed by atoms with Crippen LogP contribution in [0.4, 0.5) is 0 Å². The van der Waals surface area contributed by atoms with Crippen LogP contribution in [0.25, 0.3) is 0 Å². The second kappa shape index (κ2) is 10.9. The fourth-order valence-corrected chi connectivity index (χ4v) is 7.25. The van der Waals surface area contributed by atoms with E-state index in [1.165, 1.54) is 33.5 Å². The quantitative estimate of drug-likeness (QED) is 0.423. The molecule has 2 amide bonds. The number of hydrogen-bond donors (Lipinski definition) is 2. The highest BCUT2D eigenvalue weighted by Crippen LogP contribution is 2.34. The van der Waals surface area contributed by atoms with E-state index >= 15 is 0 Å². The number of fused-ring (bicyclic) bond motifs is 1. The number of carbonyl (C=O) groups excluding carboxylic acids is 3. The first-order chi connectivity index (χ1) is 18.6. The average Bonchev–Trinajstić information content (AvgIpc) is 3.51. The van der Waals surface area contributed by atoms with Gasteiger partial charge in [-0.3, -0.25) is 14.4 Å². The maximum atomic E-state index is 13.9. The number of aromatic hydroxyl groups is 1. The molecule has 0 saturated carbocycles. The number of ketones is 1. The molecule has 0 radical (unpaired) electrons. The highest BCUT2D eigenvalue weighted by atomic mass is 79.9. The molecule has 3 atom stereocenters. The zero-order valence-electron chi connectivity index (χ0n) is 20.7. The number of phenolic OH excluding ortho intramolecular Hbond substituents is 1. The fraction of sp³-hybridized carbons (Fsp3) is 0.250. The Balaban J connectivity index is 1.41. The Bertz CT molecular complexity index is 1510. The molecule has 3 aromatic carbocycles. The minimum Gasteiger partial charge on any atom is -0.508 e. The first-order valence-corrected chi connectivity index (χ1v) is 14.6. The van der Waals surface area contributed by atoms with Gasteiger partial charge in [0.05, 0.1) is 17.5 Å². The first kappa shape index (κ1) is 27.0. The minimum absolute atomic E-state index is 0.0680. The van der Waals surface area contributed by atoms with E-state index in [0.29, 0.717) is 22.0 Å². The van der Waals surface area contributed by atoms with E-state index in [9.17, 15) is 27.9 Å². The molecule has 202 valence electrons. The number of amides is 2. The molecule has 2 aliphatic heterocycles. The summed E-state index contributed by atoms with van der Waals surface area (Å²) < 4.78 is 28.5. The molecule has 1 unspecified atom stereocenters. The lowest BCUT2D eigenvalue weighted by atomic mass is 10.0. The number of halogens is 1. The third-order valence-electron chi connectivity index (χ3n) is 7.08.